The van der Waals surface area contributed by atoms with Gasteiger partial charge in [0.25, 0.3) is 0 Å². The zero-order valence-electron chi connectivity index (χ0n) is 24.2. The molecule has 0 aromatic heterocycles. The van der Waals surface area contributed by atoms with E-state index < -0.39 is 0 Å². The molecule has 2 aromatic carbocycles. The highest BCUT2D eigenvalue weighted by atomic mass is 19.1. The predicted molar refractivity (Wildman–Crippen MR) is 165 cm³/mol. The Morgan fingerprint density at radius 1 is 1.08 bits per heavy atom. The zero-order chi connectivity index (χ0) is 27.7. The first-order valence-corrected chi connectivity index (χ1v) is 14.2. The molecule has 1 N–H and O–H groups in total. The van der Waals surface area contributed by atoms with Crippen molar-refractivity contribution in [2.24, 2.45) is 11.8 Å². The van der Waals surface area contributed by atoms with Gasteiger partial charge in [0.1, 0.15) is 5.83 Å². The summed E-state index contributed by atoms with van der Waals surface area (Å²) in [6.07, 6.45) is 13.1. The van der Waals surface area contributed by atoms with Crippen LogP contribution in [0.1, 0.15) is 88.0 Å². The summed E-state index contributed by atoms with van der Waals surface area (Å²) in [5.74, 6) is 1.84. The van der Waals surface area contributed by atoms with Gasteiger partial charge in [-0.2, -0.15) is 0 Å². The highest BCUT2D eigenvalue weighted by Gasteiger charge is 2.28. The second-order valence-electron chi connectivity index (χ2n) is 11.6. The lowest BCUT2D eigenvalue weighted by atomic mass is 9.72. The summed E-state index contributed by atoms with van der Waals surface area (Å²) in [4.78, 5) is 0. The fourth-order valence-electron chi connectivity index (χ4n) is 5.80. The standard InChI is InChI=1S/C36H47FN/c1-8-10-11-22-36(5,6)33-20-18-30(19-21-33)34(9-2)35(37)23-27(4)28-14-16-29(17-15-28)31-13-12-26(3)32(24-31)25-38-7/h8-10,14-21,23,26,31-32,38H,1,4,11-13,22,24-25H2,2-3,5-7H3/q+1/b34-9-,35-23+. The minimum atomic E-state index is -0.259. The molecule has 0 amide bonds. The van der Waals surface area contributed by atoms with E-state index in [-0.39, 0.29) is 11.2 Å². The normalized spacial score (nSPS) is 20.7. The van der Waals surface area contributed by atoms with E-state index in [0.29, 0.717) is 17.1 Å². The van der Waals surface area contributed by atoms with Crippen molar-refractivity contribution >= 4 is 11.1 Å². The third-order valence-electron chi connectivity index (χ3n) is 8.51. The number of unbranched alkanes of at least 4 members (excludes halogenated alkanes) is 1. The Balaban J connectivity index is 1.69. The van der Waals surface area contributed by atoms with Crippen LogP contribution in [0.3, 0.4) is 0 Å². The van der Waals surface area contributed by atoms with Gasteiger partial charge in [-0.25, -0.2) is 4.39 Å². The molecule has 3 rings (SSSR count). The van der Waals surface area contributed by atoms with E-state index in [1.807, 2.05) is 38.3 Å². The van der Waals surface area contributed by atoms with Gasteiger partial charge in [-0.3, -0.25) is 0 Å². The Morgan fingerprint density at radius 3 is 2.34 bits per heavy atom. The van der Waals surface area contributed by atoms with Gasteiger partial charge in [0.15, 0.2) is 0 Å². The number of halogens is 1. The van der Waals surface area contributed by atoms with Gasteiger partial charge in [0, 0.05) is 25.0 Å². The average Bonchev–Trinajstić information content (AvgIpc) is 2.91. The molecule has 2 heteroatoms. The summed E-state index contributed by atoms with van der Waals surface area (Å²) in [5, 5.41) is 3.36. The van der Waals surface area contributed by atoms with Crippen molar-refractivity contribution in [2.75, 3.05) is 13.6 Å². The molecule has 0 bridgehead atoms. The molecular weight excluding hydrogens is 465 g/mol. The van der Waals surface area contributed by atoms with E-state index in [0.717, 1.165) is 42.3 Å². The molecule has 1 fully saturated rings. The highest BCUT2D eigenvalue weighted by molar-refractivity contribution is 5.83. The molecule has 0 heterocycles. The Hall–Kier alpha value is -2.84. The second kappa shape index (κ2) is 13.8. The van der Waals surface area contributed by atoms with Gasteiger partial charge in [-0.1, -0.05) is 82.0 Å². The molecule has 0 saturated heterocycles. The van der Waals surface area contributed by atoms with Gasteiger partial charge in [0.2, 0.25) is 0 Å². The molecule has 3 atom stereocenters. The molecule has 0 spiro atoms. The number of nitrogens with one attached hydrogen (secondary N) is 1. The van der Waals surface area contributed by atoms with E-state index in [1.54, 1.807) is 6.08 Å². The Morgan fingerprint density at radius 2 is 1.74 bits per heavy atom. The number of hydrogen-bond donors (Lipinski definition) is 1. The summed E-state index contributed by atoms with van der Waals surface area (Å²) in [6.45, 7) is 17.8. The molecule has 1 saturated carbocycles. The highest BCUT2D eigenvalue weighted by Crippen LogP contribution is 2.39. The SMILES string of the molecule is C=C[CH+]CCC(C)(C)c1ccc(C(=C/C)/C(F)=C\C(=C)c2ccc(C3CCC(C)C(CNC)C3)cc2)cc1. The zero-order valence-corrected chi connectivity index (χ0v) is 24.2. The van der Waals surface area contributed by atoms with Crippen molar-refractivity contribution in [3.8, 4) is 0 Å². The maximum Gasteiger partial charge on any atom is 0.131 e. The summed E-state index contributed by atoms with van der Waals surface area (Å²) in [6, 6.07) is 16.9. The van der Waals surface area contributed by atoms with Crippen molar-refractivity contribution in [2.45, 2.75) is 71.1 Å². The number of benzene rings is 2. The monoisotopic (exact) mass is 512 g/mol. The first-order valence-electron chi connectivity index (χ1n) is 14.2. The second-order valence-corrected chi connectivity index (χ2v) is 11.6. The molecular formula is C36H47FN+. The van der Waals surface area contributed by atoms with Crippen molar-refractivity contribution in [3.63, 3.8) is 0 Å². The smallest absolute Gasteiger partial charge is 0.131 e. The van der Waals surface area contributed by atoms with Crippen molar-refractivity contribution < 1.29 is 4.39 Å². The maximum absolute atomic E-state index is 15.5. The molecule has 1 aliphatic rings. The summed E-state index contributed by atoms with van der Waals surface area (Å²) < 4.78 is 15.5. The lowest BCUT2D eigenvalue weighted by Crippen LogP contribution is -2.30. The molecule has 1 aliphatic carbocycles. The van der Waals surface area contributed by atoms with E-state index in [1.165, 1.54) is 30.4 Å². The number of allylic oxidation sites excluding steroid dienone is 6. The van der Waals surface area contributed by atoms with Gasteiger partial charge in [0.05, 0.1) is 6.08 Å². The van der Waals surface area contributed by atoms with Crippen LogP contribution in [-0.4, -0.2) is 13.6 Å². The van der Waals surface area contributed by atoms with Crippen LogP contribution in [-0.2, 0) is 5.41 Å². The van der Waals surface area contributed by atoms with Gasteiger partial charge >= 0.3 is 0 Å². The quantitative estimate of drug-likeness (QED) is 0.169. The number of hydrogen-bond acceptors (Lipinski definition) is 1. The molecule has 38 heavy (non-hydrogen) atoms. The van der Waals surface area contributed by atoms with Crippen LogP contribution in [0.4, 0.5) is 4.39 Å². The summed E-state index contributed by atoms with van der Waals surface area (Å²) >= 11 is 0. The van der Waals surface area contributed by atoms with E-state index in [4.69, 9.17) is 0 Å². The first kappa shape index (κ1) is 29.7. The minimum Gasteiger partial charge on any atom is -0.319 e. The molecule has 2 aromatic rings. The average molecular weight is 513 g/mol. The molecule has 1 nitrogen and oxygen atoms in total. The summed E-state index contributed by atoms with van der Waals surface area (Å²) in [7, 11) is 2.05. The van der Waals surface area contributed by atoms with Crippen molar-refractivity contribution in [1.82, 2.24) is 5.32 Å². The topological polar surface area (TPSA) is 12.0 Å². The van der Waals surface area contributed by atoms with Crippen LogP contribution in [0.5, 0.6) is 0 Å². The van der Waals surface area contributed by atoms with Crippen LogP contribution in [0, 0.1) is 18.3 Å². The fourth-order valence-corrected chi connectivity index (χ4v) is 5.80. The van der Waals surface area contributed by atoms with Crippen LogP contribution < -0.4 is 5.32 Å². The minimum absolute atomic E-state index is 0.0483. The van der Waals surface area contributed by atoms with Crippen LogP contribution in [0.15, 0.2) is 85.7 Å². The van der Waals surface area contributed by atoms with E-state index in [2.05, 4.69) is 82.1 Å². The van der Waals surface area contributed by atoms with Gasteiger partial charge < -0.3 is 5.32 Å². The Kier molecular flexibility index (Phi) is 10.8. The Labute approximate surface area is 231 Å². The van der Waals surface area contributed by atoms with Crippen LogP contribution >= 0.6 is 0 Å². The molecule has 0 aliphatic heterocycles. The third-order valence-corrected chi connectivity index (χ3v) is 8.51. The van der Waals surface area contributed by atoms with E-state index in [9.17, 15) is 0 Å². The van der Waals surface area contributed by atoms with E-state index >= 15 is 4.39 Å². The summed E-state index contributed by atoms with van der Waals surface area (Å²) in [5.41, 5.74) is 5.82. The lowest BCUT2D eigenvalue weighted by Gasteiger charge is -2.34. The lowest BCUT2D eigenvalue weighted by molar-refractivity contribution is 0.228. The molecule has 0 radical (unpaired) electrons. The molecule has 3 unspecified atom stereocenters. The predicted octanol–water partition coefficient (Wildman–Crippen LogP) is 9.84. The van der Waals surface area contributed by atoms with Gasteiger partial charge in [-0.05, 0) is 103 Å². The molecule has 202 valence electrons. The van der Waals surface area contributed by atoms with Crippen LogP contribution in [0.25, 0.3) is 11.1 Å². The van der Waals surface area contributed by atoms with Crippen LogP contribution in [0.2, 0.25) is 0 Å². The first-order chi connectivity index (χ1) is 18.2. The van der Waals surface area contributed by atoms with Crippen molar-refractivity contribution in [3.05, 3.63) is 114 Å². The fraction of sp³-hybridized carbons (Fsp3) is 0.417. The van der Waals surface area contributed by atoms with Gasteiger partial charge in [-0.15, -0.1) is 0 Å². The largest absolute Gasteiger partial charge is 0.319 e. The third kappa shape index (κ3) is 7.60. The van der Waals surface area contributed by atoms with Crippen molar-refractivity contribution in [1.29, 1.82) is 0 Å². The number of rotatable bonds is 12. The maximum atomic E-state index is 15.5. The Bertz CT molecular complexity index is 1120.